The monoisotopic (exact) mass is 438 g/mol. The first-order valence-electron chi connectivity index (χ1n) is 10.7. The van der Waals surface area contributed by atoms with Crippen LogP contribution in [0.5, 0.6) is 5.75 Å². The highest BCUT2D eigenvalue weighted by atomic mass is 16.5. The van der Waals surface area contributed by atoms with Crippen molar-refractivity contribution in [2.24, 2.45) is 5.41 Å². The fraction of sp³-hybridized carbons (Fsp3) is 0.462. The van der Waals surface area contributed by atoms with Crippen molar-refractivity contribution >= 4 is 11.9 Å². The largest absolute Gasteiger partial charge is 0.462 e. The molecule has 6 nitrogen and oxygen atoms in total. The zero-order valence-corrected chi connectivity index (χ0v) is 19.7. The number of hydrogen-bond acceptors (Lipinski definition) is 6. The lowest BCUT2D eigenvalue weighted by Crippen LogP contribution is -2.27. The Bertz CT molecular complexity index is 853. The Morgan fingerprint density at radius 1 is 0.938 bits per heavy atom. The molecule has 0 bridgehead atoms. The van der Waals surface area contributed by atoms with Gasteiger partial charge in [0.25, 0.3) is 0 Å². The lowest BCUT2D eigenvalue weighted by atomic mass is 9.79. The second-order valence-electron chi connectivity index (χ2n) is 7.69. The van der Waals surface area contributed by atoms with Gasteiger partial charge in [-0.05, 0) is 57.2 Å². The second kappa shape index (κ2) is 15.4. The van der Waals surface area contributed by atoms with Crippen molar-refractivity contribution in [3.8, 4) is 17.9 Å². The van der Waals surface area contributed by atoms with E-state index in [0.29, 0.717) is 42.8 Å². The lowest BCUT2D eigenvalue weighted by molar-refractivity contribution is -0.143. The van der Waals surface area contributed by atoms with Crippen LogP contribution < -0.4 is 4.74 Å². The van der Waals surface area contributed by atoms with Gasteiger partial charge < -0.3 is 9.47 Å². The van der Waals surface area contributed by atoms with Crippen molar-refractivity contribution < 1.29 is 19.1 Å². The maximum absolute atomic E-state index is 11.3. The molecule has 0 aliphatic carbocycles. The van der Waals surface area contributed by atoms with Crippen LogP contribution in [-0.2, 0) is 20.7 Å². The molecule has 1 aromatic rings. The summed E-state index contributed by atoms with van der Waals surface area (Å²) in [6.45, 7) is 14.8. The summed E-state index contributed by atoms with van der Waals surface area (Å²) in [6, 6.07) is 11.3. The highest BCUT2D eigenvalue weighted by Crippen LogP contribution is 2.32. The lowest BCUT2D eigenvalue weighted by Gasteiger charge is -2.30. The fourth-order valence-corrected chi connectivity index (χ4v) is 2.66. The summed E-state index contributed by atoms with van der Waals surface area (Å²) in [7, 11) is 0. The van der Waals surface area contributed by atoms with Gasteiger partial charge in [-0.3, -0.25) is 0 Å². The average Bonchev–Trinajstić information content (AvgIpc) is 2.79. The Hall–Kier alpha value is -3.38. The van der Waals surface area contributed by atoms with Crippen LogP contribution in [0, 0.1) is 28.1 Å². The molecular formula is C26H34N2O4. The van der Waals surface area contributed by atoms with E-state index in [-0.39, 0.29) is 11.4 Å². The molecule has 0 aromatic heterocycles. The molecule has 0 aliphatic heterocycles. The van der Waals surface area contributed by atoms with Crippen LogP contribution in [0.15, 0.2) is 48.6 Å². The minimum atomic E-state index is -0.426. The van der Waals surface area contributed by atoms with Crippen molar-refractivity contribution in [2.45, 2.75) is 66.2 Å². The predicted octanol–water partition coefficient (Wildman–Crippen LogP) is 5.84. The minimum absolute atomic E-state index is 0.0547. The summed E-state index contributed by atoms with van der Waals surface area (Å²) in [5, 5.41) is 17.0. The van der Waals surface area contributed by atoms with Gasteiger partial charge in [0.1, 0.15) is 5.75 Å². The maximum atomic E-state index is 11.3. The van der Waals surface area contributed by atoms with Gasteiger partial charge in [0.15, 0.2) is 0 Å². The van der Waals surface area contributed by atoms with Gasteiger partial charge in [-0.25, -0.2) is 9.59 Å². The van der Waals surface area contributed by atoms with Crippen LogP contribution in [-0.4, -0.2) is 18.5 Å². The second-order valence-corrected chi connectivity index (χ2v) is 7.69. The fourth-order valence-electron chi connectivity index (χ4n) is 2.66. The maximum Gasteiger partial charge on any atom is 0.338 e. The number of nitriles is 2. The summed E-state index contributed by atoms with van der Waals surface area (Å²) in [6.07, 6.45) is 4.31. The van der Waals surface area contributed by atoms with Crippen molar-refractivity contribution in [3.05, 3.63) is 54.1 Å². The van der Waals surface area contributed by atoms with Crippen LogP contribution in [0.25, 0.3) is 0 Å². The highest BCUT2D eigenvalue weighted by Gasteiger charge is 2.27. The van der Waals surface area contributed by atoms with E-state index < -0.39 is 5.97 Å². The minimum Gasteiger partial charge on any atom is -0.462 e. The summed E-state index contributed by atoms with van der Waals surface area (Å²) in [5.74, 6) is -0.276. The number of hydrogen-bond donors (Lipinski definition) is 0. The molecule has 0 aliphatic rings. The predicted molar refractivity (Wildman–Crippen MR) is 124 cm³/mol. The molecule has 0 radical (unpaired) electrons. The van der Waals surface area contributed by atoms with Crippen molar-refractivity contribution in [3.63, 3.8) is 0 Å². The standard InChI is InChI=1S/C13H13NO2.C13H21NO2/c1-10(2)13(15)16-12-7-5-11(6-8-12)4-3-9-14;1-5-13(6-2,8-7-9-14)10-16-12(15)11(3)4/h5-8H,1,3-4H2,2H3;3,5-8,10H2,1-2,4H3. The number of ether oxygens (including phenoxy) is 2. The van der Waals surface area contributed by atoms with Gasteiger partial charge in [-0.15, -0.1) is 0 Å². The summed E-state index contributed by atoms with van der Waals surface area (Å²) in [4.78, 5) is 22.5. The van der Waals surface area contributed by atoms with Crippen LogP contribution in [0.3, 0.4) is 0 Å². The highest BCUT2D eigenvalue weighted by molar-refractivity contribution is 5.88. The SMILES string of the molecule is C=C(C)C(=O)OCC(CC)(CC)CCC#N.C=C(C)C(=O)Oc1ccc(CCC#N)cc1. The molecule has 0 fully saturated rings. The van der Waals surface area contributed by atoms with Crippen LogP contribution in [0.4, 0.5) is 0 Å². The van der Waals surface area contributed by atoms with E-state index >= 15 is 0 Å². The first-order valence-corrected chi connectivity index (χ1v) is 10.7. The quantitative estimate of drug-likeness (QED) is 0.244. The van der Waals surface area contributed by atoms with Gasteiger partial charge in [0, 0.05) is 29.4 Å². The van der Waals surface area contributed by atoms with Gasteiger partial charge >= 0.3 is 11.9 Å². The molecule has 32 heavy (non-hydrogen) atoms. The van der Waals surface area contributed by atoms with E-state index in [4.69, 9.17) is 20.0 Å². The number of nitrogens with zero attached hydrogens (tertiary/aromatic N) is 2. The third kappa shape index (κ3) is 11.1. The van der Waals surface area contributed by atoms with E-state index in [2.05, 4.69) is 39.1 Å². The molecule has 172 valence electrons. The first-order chi connectivity index (χ1) is 15.1. The molecule has 0 saturated carbocycles. The molecule has 0 unspecified atom stereocenters. The van der Waals surface area contributed by atoms with Crippen LogP contribution in [0.1, 0.15) is 65.4 Å². The zero-order valence-electron chi connectivity index (χ0n) is 19.7. The molecule has 1 aromatic carbocycles. The Morgan fingerprint density at radius 2 is 1.47 bits per heavy atom. The molecule has 0 N–H and O–H groups in total. The summed E-state index contributed by atoms with van der Waals surface area (Å²) >= 11 is 0. The van der Waals surface area contributed by atoms with Crippen molar-refractivity contribution in [1.29, 1.82) is 10.5 Å². The molecule has 0 amide bonds. The number of carbonyl (C=O) groups is 2. The van der Waals surface area contributed by atoms with Gasteiger partial charge in [0.05, 0.1) is 18.7 Å². The molecule has 0 saturated heterocycles. The topological polar surface area (TPSA) is 100 Å². The van der Waals surface area contributed by atoms with Crippen LogP contribution >= 0.6 is 0 Å². The van der Waals surface area contributed by atoms with E-state index in [0.717, 1.165) is 24.8 Å². The Balaban J connectivity index is 0.000000601. The number of rotatable bonds is 11. The number of aryl methyl sites for hydroxylation is 1. The Labute approximate surface area is 192 Å². The molecule has 6 heteroatoms. The smallest absolute Gasteiger partial charge is 0.338 e. The van der Waals surface area contributed by atoms with Gasteiger partial charge in [0.2, 0.25) is 0 Å². The summed E-state index contributed by atoms with van der Waals surface area (Å²) in [5.41, 5.74) is 1.78. The first kappa shape index (κ1) is 28.6. The zero-order chi connectivity index (χ0) is 24.6. The van der Waals surface area contributed by atoms with Gasteiger partial charge in [-0.1, -0.05) is 39.1 Å². The summed E-state index contributed by atoms with van der Waals surface area (Å²) < 4.78 is 10.2. The van der Waals surface area contributed by atoms with E-state index in [9.17, 15) is 9.59 Å². The normalized spacial score (nSPS) is 9.94. The van der Waals surface area contributed by atoms with Crippen molar-refractivity contribution in [1.82, 2.24) is 0 Å². The third-order valence-electron chi connectivity index (χ3n) is 5.13. The third-order valence-corrected chi connectivity index (χ3v) is 5.13. The Morgan fingerprint density at radius 3 is 1.91 bits per heavy atom. The molecule has 0 atom stereocenters. The molecule has 0 heterocycles. The van der Waals surface area contributed by atoms with E-state index in [1.165, 1.54) is 0 Å². The molecule has 0 spiro atoms. The van der Waals surface area contributed by atoms with Crippen LogP contribution in [0.2, 0.25) is 0 Å². The van der Waals surface area contributed by atoms with E-state index in [1.807, 2.05) is 12.1 Å². The van der Waals surface area contributed by atoms with E-state index in [1.54, 1.807) is 26.0 Å². The Kier molecular flexibility index (Phi) is 13.8. The number of carbonyl (C=O) groups excluding carboxylic acids is 2. The average molecular weight is 439 g/mol. The molecule has 1 rings (SSSR count). The van der Waals surface area contributed by atoms with Gasteiger partial charge in [-0.2, -0.15) is 10.5 Å². The molecular weight excluding hydrogens is 404 g/mol. The van der Waals surface area contributed by atoms with Crippen molar-refractivity contribution in [2.75, 3.05) is 6.61 Å². The number of benzene rings is 1. The number of esters is 2.